The Kier molecular flexibility index (Phi) is 3.43. The first-order valence-corrected chi connectivity index (χ1v) is 5.65. The Balaban J connectivity index is 2.05. The Hall–Kier alpha value is -1.82. The Labute approximate surface area is 100 Å². The van der Waals surface area contributed by atoms with Gasteiger partial charge in [0.1, 0.15) is 11.6 Å². The number of carbonyl (C=O) groups excluding carboxylic acids is 1. The molecule has 1 N–H and O–H groups in total. The van der Waals surface area contributed by atoms with Gasteiger partial charge in [0, 0.05) is 17.1 Å². The van der Waals surface area contributed by atoms with Crippen LogP contribution < -0.4 is 5.32 Å². The van der Waals surface area contributed by atoms with Crippen molar-refractivity contribution >= 4 is 22.9 Å². The van der Waals surface area contributed by atoms with Gasteiger partial charge in [-0.25, -0.2) is 8.78 Å². The minimum absolute atomic E-state index is 0.0978. The molecule has 88 valence electrons. The first-order valence-electron chi connectivity index (χ1n) is 4.77. The number of nitrogens with zero attached hydrogens (tertiary/aromatic N) is 1. The van der Waals surface area contributed by atoms with E-state index in [0.29, 0.717) is 0 Å². The van der Waals surface area contributed by atoms with Crippen molar-refractivity contribution in [1.29, 1.82) is 0 Å². The quantitative estimate of drug-likeness (QED) is 0.914. The molecule has 0 fully saturated rings. The van der Waals surface area contributed by atoms with Gasteiger partial charge >= 0.3 is 0 Å². The SMILES string of the molecule is O=C(Cc1cncs1)Nc1cc(F)ccc1F. The van der Waals surface area contributed by atoms with Crippen LogP contribution in [-0.2, 0) is 11.2 Å². The third-order valence-corrected chi connectivity index (χ3v) is 2.80. The van der Waals surface area contributed by atoms with Gasteiger partial charge in [0.05, 0.1) is 17.6 Å². The van der Waals surface area contributed by atoms with Gasteiger partial charge in [-0.15, -0.1) is 11.3 Å². The van der Waals surface area contributed by atoms with E-state index in [2.05, 4.69) is 10.3 Å². The van der Waals surface area contributed by atoms with E-state index in [-0.39, 0.29) is 12.1 Å². The summed E-state index contributed by atoms with van der Waals surface area (Å²) in [5, 5.41) is 2.31. The minimum atomic E-state index is -0.663. The monoisotopic (exact) mass is 254 g/mol. The molecule has 2 aromatic rings. The lowest BCUT2D eigenvalue weighted by Crippen LogP contribution is -2.14. The van der Waals surface area contributed by atoms with Crippen LogP contribution in [0.5, 0.6) is 0 Å². The molecular weight excluding hydrogens is 246 g/mol. The van der Waals surface area contributed by atoms with Crippen molar-refractivity contribution in [3.05, 3.63) is 46.4 Å². The van der Waals surface area contributed by atoms with Crippen LogP contribution >= 0.6 is 11.3 Å². The topological polar surface area (TPSA) is 42.0 Å². The summed E-state index contributed by atoms with van der Waals surface area (Å²) in [5.74, 6) is -1.66. The van der Waals surface area contributed by atoms with Crippen molar-refractivity contribution in [3.63, 3.8) is 0 Å². The lowest BCUT2D eigenvalue weighted by molar-refractivity contribution is -0.115. The van der Waals surface area contributed by atoms with E-state index in [9.17, 15) is 13.6 Å². The van der Waals surface area contributed by atoms with E-state index in [1.54, 1.807) is 11.7 Å². The summed E-state index contributed by atoms with van der Waals surface area (Å²) >= 11 is 1.33. The summed E-state index contributed by atoms with van der Waals surface area (Å²) in [7, 11) is 0. The zero-order valence-electron chi connectivity index (χ0n) is 8.61. The molecule has 1 aromatic heterocycles. The average Bonchev–Trinajstić information content (AvgIpc) is 2.76. The highest BCUT2D eigenvalue weighted by Crippen LogP contribution is 2.16. The standard InChI is InChI=1S/C11H8F2N2OS/c12-7-1-2-9(13)10(3-7)15-11(16)4-8-5-14-6-17-8/h1-3,5-6H,4H2,(H,15,16). The van der Waals surface area contributed by atoms with Crippen LogP contribution in [0.25, 0.3) is 0 Å². The number of benzene rings is 1. The molecular formula is C11H8F2N2OS. The third-order valence-electron chi connectivity index (χ3n) is 2.02. The lowest BCUT2D eigenvalue weighted by Gasteiger charge is -2.05. The van der Waals surface area contributed by atoms with E-state index in [0.717, 1.165) is 23.1 Å². The molecule has 1 aromatic carbocycles. The number of nitrogens with one attached hydrogen (secondary N) is 1. The molecule has 0 saturated carbocycles. The lowest BCUT2D eigenvalue weighted by atomic mass is 10.2. The van der Waals surface area contributed by atoms with Crippen LogP contribution in [0, 0.1) is 11.6 Å². The normalized spacial score (nSPS) is 10.2. The van der Waals surface area contributed by atoms with Crippen molar-refractivity contribution in [1.82, 2.24) is 4.98 Å². The molecule has 0 atom stereocenters. The highest BCUT2D eigenvalue weighted by molar-refractivity contribution is 7.09. The van der Waals surface area contributed by atoms with Gasteiger partial charge < -0.3 is 5.32 Å². The van der Waals surface area contributed by atoms with E-state index in [4.69, 9.17) is 0 Å². The molecule has 1 heterocycles. The summed E-state index contributed by atoms with van der Waals surface area (Å²) in [6.07, 6.45) is 1.66. The van der Waals surface area contributed by atoms with Crippen molar-refractivity contribution in [3.8, 4) is 0 Å². The Morgan fingerprint density at radius 2 is 2.24 bits per heavy atom. The second-order valence-corrected chi connectivity index (χ2v) is 4.29. The summed E-state index contributed by atoms with van der Waals surface area (Å²) in [6, 6.07) is 2.91. The number of hydrogen-bond donors (Lipinski definition) is 1. The number of thiazole rings is 1. The Bertz CT molecular complexity index is 528. The van der Waals surface area contributed by atoms with Gasteiger partial charge in [-0.2, -0.15) is 0 Å². The Morgan fingerprint density at radius 3 is 2.94 bits per heavy atom. The van der Waals surface area contributed by atoms with Crippen molar-refractivity contribution in [2.24, 2.45) is 0 Å². The fraction of sp³-hybridized carbons (Fsp3) is 0.0909. The number of amides is 1. The molecule has 0 bridgehead atoms. The van der Waals surface area contributed by atoms with Crippen LogP contribution in [-0.4, -0.2) is 10.9 Å². The highest BCUT2D eigenvalue weighted by atomic mass is 32.1. The average molecular weight is 254 g/mol. The first kappa shape index (κ1) is 11.7. The molecule has 0 aliphatic heterocycles. The zero-order valence-corrected chi connectivity index (χ0v) is 9.43. The molecule has 0 saturated heterocycles. The summed E-state index contributed by atoms with van der Waals surface area (Å²) in [4.78, 5) is 16.1. The fourth-order valence-corrected chi connectivity index (χ4v) is 1.87. The van der Waals surface area contributed by atoms with Gasteiger partial charge in [-0.3, -0.25) is 9.78 Å². The van der Waals surface area contributed by atoms with Gasteiger partial charge in [-0.05, 0) is 12.1 Å². The summed E-state index contributed by atoms with van der Waals surface area (Å²) in [5.41, 5.74) is 1.45. The van der Waals surface area contributed by atoms with E-state index in [1.165, 1.54) is 11.3 Å². The largest absolute Gasteiger partial charge is 0.323 e. The summed E-state index contributed by atoms with van der Waals surface area (Å²) < 4.78 is 26.1. The molecule has 17 heavy (non-hydrogen) atoms. The number of rotatable bonds is 3. The second-order valence-electron chi connectivity index (χ2n) is 3.32. The number of carbonyl (C=O) groups is 1. The van der Waals surface area contributed by atoms with Crippen molar-refractivity contribution in [2.45, 2.75) is 6.42 Å². The predicted octanol–water partition coefficient (Wildman–Crippen LogP) is 2.60. The molecule has 0 radical (unpaired) electrons. The van der Waals surface area contributed by atoms with E-state index in [1.807, 2.05) is 0 Å². The number of hydrogen-bond acceptors (Lipinski definition) is 3. The Morgan fingerprint density at radius 1 is 1.41 bits per heavy atom. The van der Waals surface area contributed by atoms with Gasteiger partial charge in [0.25, 0.3) is 0 Å². The van der Waals surface area contributed by atoms with Crippen LogP contribution in [0.1, 0.15) is 4.88 Å². The highest BCUT2D eigenvalue weighted by Gasteiger charge is 2.09. The molecule has 6 heteroatoms. The predicted molar refractivity (Wildman–Crippen MR) is 60.8 cm³/mol. The molecule has 3 nitrogen and oxygen atoms in total. The smallest absolute Gasteiger partial charge is 0.229 e. The number of anilines is 1. The second kappa shape index (κ2) is 5.01. The molecule has 0 aliphatic carbocycles. The maximum atomic E-state index is 13.2. The molecule has 0 unspecified atom stereocenters. The molecule has 2 rings (SSSR count). The van der Waals surface area contributed by atoms with E-state index >= 15 is 0 Å². The van der Waals surface area contributed by atoms with Crippen molar-refractivity contribution < 1.29 is 13.6 Å². The molecule has 1 amide bonds. The summed E-state index contributed by atoms with van der Waals surface area (Å²) in [6.45, 7) is 0. The first-order chi connectivity index (χ1) is 8.15. The minimum Gasteiger partial charge on any atom is -0.323 e. The van der Waals surface area contributed by atoms with Crippen LogP contribution in [0.2, 0.25) is 0 Å². The molecule has 0 spiro atoms. The third kappa shape index (κ3) is 3.07. The fourth-order valence-electron chi connectivity index (χ4n) is 1.28. The van der Waals surface area contributed by atoms with Crippen LogP contribution in [0.4, 0.5) is 14.5 Å². The van der Waals surface area contributed by atoms with Gasteiger partial charge in [-0.1, -0.05) is 0 Å². The number of halogens is 2. The van der Waals surface area contributed by atoms with Crippen LogP contribution in [0.3, 0.4) is 0 Å². The van der Waals surface area contributed by atoms with Crippen LogP contribution in [0.15, 0.2) is 29.9 Å². The molecule has 0 aliphatic rings. The number of aromatic nitrogens is 1. The maximum Gasteiger partial charge on any atom is 0.229 e. The van der Waals surface area contributed by atoms with E-state index < -0.39 is 17.5 Å². The zero-order chi connectivity index (χ0) is 12.3. The maximum absolute atomic E-state index is 13.2. The van der Waals surface area contributed by atoms with Gasteiger partial charge in [0.2, 0.25) is 5.91 Å². The van der Waals surface area contributed by atoms with Gasteiger partial charge in [0.15, 0.2) is 0 Å². The van der Waals surface area contributed by atoms with Crippen molar-refractivity contribution in [2.75, 3.05) is 5.32 Å².